The number of nitrogens with two attached hydrogens (primary N) is 2. The summed E-state index contributed by atoms with van der Waals surface area (Å²) in [5.41, 5.74) is 15.9. The minimum absolute atomic E-state index is 0.0251. The lowest BCUT2D eigenvalue weighted by atomic mass is 9.66. The van der Waals surface area contributed by atoms with E-state index in [-0.39, 0.29) is 28.7 Å². The van der Waals surface area contributed by atoms with E-state index in [1.807, 2.05) is 56.5 Å². The van der Waals surface area contributed by atoms with Gasteiger partial charge in [-0.05, 0) is 29.9 Å². The smallest absolute Gasteiger partial charge is 0.260 e. The first-order valence-corrected chi connectivity index (χ1v) is 11.6. The second-order valence-corrected chi connectivity index (χ2v) is 9.04. The van der Waals surface area contributed by atoms with Gasteiger partial charge in [0.2, 0.25) is 5.95 Å². The Morgan fingerprint density at radius 2 is 1.94 bits per heavy atom. The number of aromatic nitrogens is 3. The number of halogens is 1. The van der Waals surface area contributed by atoms with Gasteiger partial charge in [-0.25, -0.2) is 0 Å². The molecule has 0 fully saturated rings. The van der Waals surface area contributed by atoms with Crippen LogP contribution in [-0.2, 0) is 6.54 Å². The van der Waals surface area contributed by atoms with E-state index in [0.717, 1.165) is 21.9 Å². The first-order valence-electron chi connectivity index (χ1n) is 11.2. The summed E-state index contributed by atoms with van der Waals surface area (Å²) < 4.78 is 1.67. The van der Waals surface area contributed by atoms with Gasteiger partial charge in [-0.1, -0.05) is 40.6 Å². The van der Waals surface area contributed by atoms with Crippen LogP contribution in [0.5, 0.6) is 0 Å². The van der Waals surface area contributed by atoms with Crippen LogP contribution >= 0.6 is 11.6 Å². The molecule has 8 nitrogen and oxygen atoms in total. The predicted molar refractivity (Wildman–Crippen MR) is 158 cm³/mol. The quantitative estimate of drug-likeness (QED) is 0.234. The van der Waals surface area contributed by atoms with Crippen molar-refractivity contribution in [3.8, 4) is 18.4 Å². The molecule has 0 saturated heterocycles. The highest BCUT2D eigenvalue weighted by Crippen LogP contribution is 2.28. The molecule has 1 aromatic carbocycles. The van der Waals surface area contributed by atoms with Gasteiger partial charge in [0, 0.05) is 12.2 Å². The van der Waals surface area contributed by atoms with Gasteiger partial charge in [-0.3, -0.25) is 4.79 Å². The number of terminal acetylenes is 1. The van der Waals surface area contributed by atoms with Gasteiger partial charge in [-0.2, -0.15) is 15.2 Å². The summed E-state index contributed by atoms with van der Waals surface area (Å²) in [6, 6.07) is 8.77. The van der Waals surface area contributed by atoms with Crippen molar-refractivity contribution in [2.24, 2.45) is 0 Å². The summed E-state index contributed by atoms with van der Waals surface area (Å²) in [5, 5.41) is 14.2. The fraction of sp³-hybridized carbons (Fsp3) is 0.130. The number of hydrogen-bond donors (Lipinski definition) is 3. The Morgan fingerprint density at radius 1 is 1.25 bits per heavy atom. The molecule has 0 saturated carbocycles. The predicted octanol–water partition coefficient (Wildman–Crippen LogP) is -0.757. The van der Waals surface area contributed by atoms with Gasteiger partial charge in [0.25, 0.3) is 5.56 Å². The molecule has 0 radical (unpaired) electrons. The number of nitrogens with zero attached hydrogens (tertiary/aromatic N) is 4. The lowest BCUT2D eigenvalue weighted by molar-refractivity contribution is 0.674. The van der Waals surface area contributed by atoms with Crippen molar-refractivity contribution in [3.63, 3.8) is 0 Å². The van der Waals surface area contributed by atoms with Crippen LogP contribution in [0.15, 0.2) is 50.9 Å². The molecule has 3 aromatic rings. The minimum atomic E-state index is -0.459. The van der Waals surface area contributed by atoms with Gasteiger partial charge >= 0.3 is 0 Å². The highest BCUT2D eigenvalue weighted by molar-refractivity contribution is 6.44. The Balaban J connectivity index is 2.22. The van der Waals surface area contributed by atoms with Crippen LogP contribution in [0.4, 0.5) is 17.6 Å². The number of rotatable bonds is 6. The van der Waals surface area contributed by atoms with Crippen molar-refractivity contribution >= 4 is 71.3 Å². The highest BCUT2D eigenvalue weighted by atomic mass is 35.5. The zero-order valence-corrected chi connectivity index (χ0v) is 21.7. The molecule has 176 valence electrons. The average Bonchev–Trinajstić information content (AvgIpc) is 2.83. The number of hydrogen-bond acceptors (Lipinski definition) is 7. The van der Waals surface area contributed by atoms with Gasteiger partial charge in [0.1, 0.15) is 48.8 Å². The van der Waals surface area contributed by atoms with Crippen molar-refractivity contribution in [1.82, 2.24) is 14.5 Å². The van der Waals surface area contributed by atoms with E-state index in [1.165, 1.54) is 0 Å². The summed E-state index contributed by atoms with van der Waals surface area (Å²) in [6.45, 7) is 2.17. The molecule has 0 unspecified atom stereocenters. The van der Waals surface area contributed by atoms with Crippen LogP contribution in [0.3, 0.4) is 0 Å². The number of benzene rings is 1. The van der Waals surface area contributed by atoms with E-state index in [4.69, 9.17) is 29.5 Å². The zero-order valence-electron chi connectivity index (χ0n) is 20.9. The molecular weight excluding hydrogens is 469 g/mol. The first kappa shape index (κ1) is 26.6. The molecule has 2 heterocycles. The maximum atomic E-state index is 13.7. The number of nitrogen functional groups attached to an aromatic ring is 2. The van der Waals surface area contributed by atoms with E-state index in [1.54, 1.807) is 16.7 Å². The average molecular weight is 493 g/mol. The van der Waals surface area contributed by atoms with Gasteiger partial charge in [-0.15, -0.1) is 11.9 Å². The van der Waals surface area contributed by atoms with E-state index >= 15 is 0 Å². The Hall–Kier alpha value is -4.01. The molecule has 0 spiro atoms. The van der Waals surface area contributed by atoms with Crippen LogP contribution in [0, 0.1) is 23.7 Å². The van der Waals surface area contributed by atoms with E-state index in [0.29, 0.717) is 28.0 Å². The fourth-order valence-electron chi connectivity index (χ4n) is 3.95. The molecule has 0 aliphatic carbocycles. The van der Waals surface area contributed by atoms with Crippen molar-refractivity contribution < 1.29 is 0 Å². The number of allylic oxidation sites excluding steroid dienone is 4. The molecular formula is C23H24B4ClN7O. The third-order valence-electron chi connectivity index (χ3n) is 6.36. The van der Waals surface area contributed by atoms with Crippen molar-refractivity contribution in [2.45, 2.75) is 19.5 Å². The molecule has 2 aromatic heterocycles. The molecule has 0 aliphatic rings. The number of fused-ring (bicyclic) bond motifs is 1. The molecule has 5 N–H and O–H groups in total. The summed E-state index contributed by atoms with van der Waals surface area (Å²) in [5.74, 6) is 2.77. The SMILES string of the molecule is B/C(C#C)=C(B)/C(B)=C(/B)Cn1c([C@H](C)Nc2nc(N)nc(N)c2C#N)cc2cccc(Cl)c2c1=O. The molecule has 1 atom stereocenters. The lowest BCUT2D eigenvalue weighted by Gasteiger charge is -2.23. The number of nitrogens with one attached hydrogen (secondary N) is 1. The standard InChI is InChI=1S/C23H24B4ClN7O/c1-3-13(24)18(26)19(27)14(25)9-35-16(7-11-5-4-6-15(28)17(11)22(35)36)10(2)32-21-12(8-29)20(30)33-23(31)34-21/h1,4-7,10H,9,24-27H2,2H3,(H5,30,31,32,33,34)/b18-13-,19-14-/t10-/m0/s1. The monoisotopic (exact) mass is 493 g/mol. The molecule has 13 heteroatoms. The summed E-state index contributed by atoms with van der Waals surface area (Å²) in [4.78, 5) is 21.7. The van der Waals surface area contributed by atoms with Gasteiger partial charge < -0.3 is 21.4 Å². The van der Waals surface area contributed by atoms with Gasteiger partial charge in [0.15, 0.2) is 5.82 Å². The van der Waals surface area contributed by atoms with Gasteiger partial charge in [0.05, 0.1) is 16.5 Å². The molecule has 0 amide bonds. The Kier molecular flexibility index (Phi) is 7.92. The van der Waals surface area contributed by atoms with Crippen molar-refractivity contribution in [3.05, 3.63) is 72.8 Å². The van der Waals surface area contributed by atoms with E-state index in [2.05, 4.69) is 21.2 Å². The number of anilines is 3. The fourth-order valence-corrected chi connectivity index (χ4v) is 4.22. The third kappa shape index (κ3) is 5.15. The second kappa shape index (κ2) is 10.7. The molecule has 3 rings (SSSR count). The van der Waals surface area contributed by atoms with E-state index in [9.17, 15) is 10.1 Å². The maximum Gasteiger partial charge on any atom is 0.260 e. The van der Waals surface area contributed by atoms with Crippen molar-refractivity contribution in [1.29, 1.82) is 5.26 Å². The van der Waals surface area contributed by atoms with Crippen LogP contribution in [0.1, 0.15) is 24.2 Å². The molecule has 36 heavy (non-hydrogen) atoms. The Labute approximate surface area is 218 Å². The normalized spacial score (nSPS) is 13.2. The number of pyridine rings is 1. The van der Waals surface area contributed by atoms with Crippen LogP contribution in [-0.4, -0.2) is 45.9 Å². The zero-order chi connectivity index (χ0) is 26.7. The summed E-state index contributed by atoms with van der Waals surface area (Å²) in [6.07, 6.45) is 5.59. The highest BCUT2D eigenvalue weighted by Gasteiger charge is 2.20. The number of nitriles is 1. The van der Waals surface area contributed by atoms with Crippen LogP contribution < -0.4 is 22.3 Å². The largest absolute Gasteiger partial charge is 0.382 e. The first-order chi connectivity index (χ1) is 17.0. The van der Waals surface area contributed by atoms with Crippen LogP contribution in [0.2, 0.25) is 5.02 Å². The Bertz CT molecular complexity index is 1580. The maximum absolute atomic E-state index is 13.7. The molecule has 0 aliphatic heterocycles. The Morgan fingerprint density at radius 3 is 2.58 bits per heavy atom. The van der Waals surface area contributed by atoms with Crippen LogP contribution in [0.25, 0.3) is 10.8 Å². The van der Waals surface area contributed by atoms with E-state index < -0.39 is 6.04 Å². The third-order valence-corrected chi connectivity index (χ3v) is 6.67. The second-order valence-electron chi connectivity index (χ2n) is 8.63. The lowest BCUT2D eigenvalue weighted by Crippen LogP contribution is -2.28. The minimum Gasteiger partial charge on any atom is -0.382 e. The topological polar surface area (TPSA) is 136 Å². The van der Waals surface area contributed by atoms with Crippen molar-refractivity contribution in [2.75, 3.05) is 16.8 Å². The molecule has 0 bridgehead atoms. The summed E-state index contributed by atoms with van der Waals surface area (Å²) in [7, 11) is 7.80. The summed E-state index contributed by atoms with van der Waals surface area (Å²) >= 11 is 6.43.